The molecule has 1 saturated heterocycles. The van der Waals surface area contributed by atoms with E-state index in [-0.39, 0.29) is 18.4 Å². The highest BCUT2D eigenvalue weighted by molar-refractivity contribution is 5.85. The largest absolute Gasteiger partial charge is 0.445 e. The summed E-state index contributed by atoms with van der Waals surface area (Å²) in [5, 5.41) is 8.55. The fourth-order valence-corrected chi connectivity index (χ4v) is 3.20. The molecule has 0 saturated carbocycles. The Bertz CT molecular complexity index is 755. The summed E-state index contributed by atoms with van der Waals surface area (Å²) in [5.41, 5.74) is 2.60. The number of fused-ring (bicyclic) bond motifs is 1. The fraction of sp³-hybridized carbons (Fsp3) is 0.579. The number of nitrogens with zero attached hydrogens (tertiary/aromatic N) is 2. The van der Waals surface area contributed by atoms with E-state index >= 15 is 0 Å². The summed E-state index contributed by atoms with van der Waals surface area (Å²) in [6.07, 6.45) is 2.82. The maximum absolute atomic E-state index is 11.9. The number of ether oxygens (including phenoxy) is 2. The van der Waals surface area contributed by atoms with Crippen LogP contribution in [0.25, 0.3) is 10.9 Å². The van der Waals surface area contributed by atoms with Crippen LogP contribution in [0.4, 0.5) is 4.79 Å². The molecule has 3 rings (SSSR count). The first kappa shape index (κ1) is 17.7. The number of alkyl carbamates (subject to hydrolysis) is 1. The summed E-state index contributed by atoms with van der Waals surface area (Å²) in [6.45, 7) is 8.76. The minimum absolute atomic E-state index is 0.00897. The van der Waals surface area contributed by atoms with E-state index in [9.17, 15) is 4.79 Å². The molecule has 0 radical (unpaired) electrons. The van der Waals surface area contributed by atoms with E-state index in [1.165, 1.54) is 0 Å². The van der Waals surface area contributed by atoms with Crippen molar-refractivity contribution < 1.29 is 14.3 Å². The molecule has 1 atom stereocenters. The molecule has 1 amide bonds. The maximum Gasteiger partial charge on any atom is 0.407 e. The van der Waals surface area contributed by atoms with Crippen LogP contribution in [-0.4, -0.2) is 28.0 Å². The van der Waals surface area contributed by atoms with Crippen LogP contribution in [0.1, 0.15) is 57.5 Å². The lowest BCUT2D eigenvalue weighted by atomic mass is 10.1. The van der Waals surface area contributed by atoms with Gasteiger partial charge in [-0.2, -0.15) is 5.10 Å². The Balaban J connectivity index is 1.82. The molecule has 2 aromatic rings. The summed E-state index contributed by atoms with van der Waals surface area (Å²) < 4.78 is 13.3. The number of hydrogen-bond donors (Lipinski definition) is 1. The maximum atomic E-state index is 11.9. The Morgan fingerprint density at radius 1 is 1.40 bits per heavy atom. The number of aryl methyl sites for hydroxylation is 1. The standard InChI is InChI=1S/C19H27N3O3/c1-13-17-14(12-25-18(23)20-19(2,3)4)8-7-9-15(17)22(21-13)16-10-5-6-11-24-16/h7-9,16H,5-6,10-12H2,1-4H3,(H,20,23). The van der Waals surface area contributed by atoms with Gasteiger partial charge in [0.15, 0.2) is 6.23 Å². The highest BCUT2D eigenvalue weighted by Crippen LogP contribution is 2.30. The van der Waals surface area contributed by atoms with Crippen LogP contribution >= 0.6 is 0 Å². The van der Waals surface area contributed by atoms with Gasteiger partial charge in [0.2, 0.25) is 0 Å². The molecule has 1 aromatic carbocycles. The summed E-state index contributed by atoms with van der Waals surface area (Å²) in [6, 6.07) is 6.00. The van der Waals surface area contributed by atoms with Crippen LogP contribution in [0, 0.1) is 6.92 Å². The molecule has 2 heterocycles. The van der Waals surface area contributed by atoms with E-state index in [2.05, 4.69) is 5.32 Å². The van der Waals surface area contributed by atoms with Gasteiger partial charge in [0, 0.05) is 23.1 Å². The molecule has 6 heteroatoms. The molecule has 136 valence electrons. The van der Waals surface area contributed by atoms with Crippen molar-refractivity contribution in [3.63, 3.8) is 0 Å². The molecule has 0 spiro atoms. The molecule has 1 aromatic heterocycles. The quantitative estimate of drug-likeness (QED) is 0.911. The van der Waals surface area contributed by atoms with Gasteiger partial charge in [-0.3, -0.25) is 0 Å². The summed E-state index contributed by atoms with van der Waals surface area (Å²) >= 11 is 0. The lowest BCUT2D eigenvalue weighted by Gasteiger charge is -2.23. The first-order chi connectivity index (χ1) is 11.8. The number of aromatic nitrogens is 2. The number of carbonyl (C=O) groups excluding carboxylic acids is 1. The molecule has 1 N–H and O–H groups in total. The Labute approximate surface area is 148 Å². The second kappa shape index (κ2) is 7.04. The zero-order valence-corrected chi connectivity index (χ0v) is 15.5. The Morgan fingerprint density at radius 2 is 2.20 bits per heavy atom. The highest BCUT2D eigenvalue weighted by Gasteiger charge is 2.21. The molecule has 1 aliphatic heterocycles. The number of hydrogen-bond acceptors (Lipinski definition) is 4. The zero-order valence-electron chi connectivity index (χ0n) is 15.5. The lowest BCUT2D eigenvalue weighted by molar-refractivity contribution is -0.0368. The van der Waals surface area contributed by atoms with Gasteiger partial charge in [-0.25, -0.2) is 9.48 Å². The van der Waals surface area contributed by atoms with Crippen molar-refractivity contribution >= 4 is 17.0 Å². The molecule has 1 aliphatic rings. The Kier molecular flexibility index (Phi) is 4.99. The molecule has 1 unspecified atom stereocenters. The predicted molar refractivity (Wildman–Crippen MR) is 96.4 cm³/mol. The van der Waals surface area contributed by atoms with E-state index < -0.39 is 6.09 Å². The van der Waals surface area contributed by atoms with E-state index in [0.29, 0.717) is 0 Å². The average molecular weight is 345 g/mol. The monoisotopic (exact) mass is 345 g/mol. The van der Waals surface area contributed by atoms with Gasteiger partial charge in [0.1, 0.15) is 6.61 Å². The van der Waals surface area contributed by atoms with Crippen molar-refractivity contribution in [3.05, 3.63) is 29.5 Å². The first-order valence-corrected chi connectivity index (χ1v) is 8.88. The number of amides is 1. The van der Waals surface area contributed by atoms with Crippen LogP contribution in [0.15, 0.2) is 18.2 Å². The van der Waals surface area contributed by atoms with Crippen LogP contribution in [0.3, 0.4) is 0 Å². The molecule has 0 aliphatic carbocycles. The predicted octanol–water partition coefficient (Wildman–Crippen LogP) is 4.07. The lowest BCUT2D eigenvalue weighted by Crippen LogP contribution is -2.40. The van der Waals surface area contributed by atoms with Crippen molar-refractivity contribution in [3.8, 4) is 0 Å². The van der Waals surface area contributed by atoms with Crippen molar-refractivity contribution in [2.24, 2.45) is 0 Å². The van der Waals surface area contributed by atoms with E-state index in [1.807, 2.05) is 50.6 Å². The van der Waals surface area contributed by atoms with Gasteiger partial charge >= 0.3 is 6.09 Å². The van der Waals surface area contributed by atoms with Crippen LogP contribution in [-0.2, 0) is 16.1 Å². The smallest absolute Gasteiger partial charge is 0.407 e. The van der Waals surface area contributed by atoms with E-state index in [0.717, 1.165) is 48.0 Å². The van der Waals surface area contributed by atoms with Gasteiger partial charge in [-0.05, 0) is 53.0 Å². The molecule has 6 nitrogen and oxygen atoms in total. The van der Waals surface area contributed by atoms with E-state index in [4.69, 9.17) is 14.6 Å². The van der Waals surface area contributed by atoms with E-state index in [1.54, 1.807) is 0 Å². The van der Waals surface area contributed by atoms with Gasteiger partial charge in [0.05, 0.1) is 11.2 Å². The number of benzene rings is 1. The molecular formula is C19H27N3O3. The minimum Gasteiger partial charge on any atom is -0.445 e. The Morgan fingerprint density at radius 3 is 2.88 bits per heavy atom. The average Bonchev–Trinajstić information content (AvgIpc) is 2.90. The normalized spacial score (nSPS) is 18.3. The SMILES string of the molecule is Cc1nn(C2CCCCO2)c2cccc(COC(=O)NC(C)(C)C)c12. The summed E-state index contributed by atoms with van der Waals surface area (Å²) in [4.78, 5) is 11.9. The van der Waals surface area contributed by atoms with Crippen LogP contribution < -0.4 is 5.32 Å². The molecule has 0 bridgehead atoms. The topological polar surface area (TPSA) is 65.4 Å². The van der Waals surface area contributed by atoms with Crippen LogP contribution in [0.5, 0.6) is 0 Å². The molecule has 1 fully saturated rings. The number of carbonyl (C=O) groups is 1. The van der Waals surface area contributed by atoms with Crippen LogP contribution in [0.2, 0.25) is 0 Å². The number of rotatable bonds is 3. The first-order valence-electron chi connectivity index (χ1n) is 8.88. The third-order valence-corrected chi connectivity index (χ3v) is 4.26. The zero-order chi connectivity index (χ0) is 18.0. The fourth-order valence-electron chi connectivity index (χ4n) is 3.20. The minimum atomic E-state index is -0.412. The Hall–Kier alpha value is -2.08. The van der Waals surface area contributed by atoms with Crippen molar-refractivity contribution in [2.45, 2.75) is 65.3 Å². The van der Waals surface area contributed by atoms with Gasteiger partial charge < -0.3 is 14.8 Å². The molecular weight excluding hydrogens is 318 g/mol. The summed E-state index contributed by atoms with van der Waals surface area (Å²) in [5.74, 6) is 0. The second-order valence-electron chi connectivity index (χ2n) is 7.61. The summed E-state index contributed by atoms with van der Waals surface area (Å²) in [7, 11) is 0. The van der Waals surface area contributed by atoms with Crippen molar-refractivity contribution in [1.29, 1.82) is 0 Å². The van der Waals surface area contributed by atoms with Gasteiger partial charge in [-0.15, -0.1) is 0 Å². The second-order valence-corrected chi connectivity index (χ2v) is 7.61. The molecule has 25 heavy (non-hydrogen) atoms. The number of nitrogens with one attached hydrogen (secondary N) is 1. The van der Waals surface area contributed by atoms with Crippen molar-refractivity contribution in [2.75, 3.05) is 6.61 Å². The van der Waals surface area contributed by atoms with Gasteiger partial charge in [-0.1, -0.05) is 12.1 Å². The van der Waals surface area contributed by atoms with Crippen molar-refractivity contribution in [1.82, 2.24) is 15.1 Å². The third-order valence-electron chi connectivity index (χ3n) is 4.26. The highest BCUT2D eigenvalue weighted by atomic mass is 16.5. The third kappa shape index (κ3) is 4.12. The van der Waals surface area contributed by atoms with Gasteiger partial charge in [0.25, 0.3) is 0 Å².